The van der Waals surface area contributed by atoms with Crippen LogP contribution in [0.5, 0.6) is 0 Å². The van der Waals surface area contributed by atoms with Gasteiger partial charge in [-0.15, -0.1) is 0 Å². The van der Waals surface area contributed by atoms with Crippen LogP contribution in [0.3, 0.4) is 0 Å². The molecule has 0 amide bonds. The maximum absolute atomic E-state index is 11.1. The molecule has 7 unspecified atom stereocenters. The summed E-state index contributed by atoms with van der Waals surface area (Å²) in [7, 11) is 1.62. The van der Waals surface area contributed by atoms with Gasteiger partial charge in [0.25, 0.3) is 0 Å². The molecular formula is C20H41N5O7. The van der Waals surface area contributed by atoms with Gasteiger partial charge in [0.05, 0.1) is 24.8 Å². The summed E-state index contributed by atoms with van der Waals surface area (Å²) in [5.74, 6) is 0. The van der Waals surface area contributed by atoms with Gasteiger partial charge in [0.1, 0.15) is 30.0 Å². The van der Waals surface area contributed by atoms with Crippen LogP contribution in [0, 0.1) is 0 Å². The molecule has 2 aliphatic heterocycles. The molecule has 12 N–H and O–H groups in total. The van der Waals surface area contributed by atoms with Crippen molar-refractivity contribution in [1.29, 1.82) is 0 Å². The smallest absolute Gasteiger partial charge is 0.185 e. The van der Waals surface area contributed by atoms with E-state index in [0.29, 0.717) is 12.8 Å². The van der Waals surface area contributed by atoms with Crippen molar-refractivity contribution in [2.75, 3.05) is 13.7 Å². The molecule has 3 fully saturated rings. The maximum atomic E-state index is 11.1. The average Bonchev–Trinajstić information content (AvgIpc) is 2.71. The van der Waals surface area contributed by atoms with Gasteiger partial charge in [-0.1, -0.05) is 0 Å². The highest BCUT2D eigenvalue weighted by Crippen LogP contribution is 2.31. The predicted octanol–water partition coefficient (Wildman–Crippen LogP) is -3.59. The first-order valence-electron chi connectivity index (χ1n) is 11.3. The van der Waals surface area contributed by atoms with Crippen LogP contribution in [-0.2, 0) is 18.9 Å². The number of hydrogen-bond acceptors (Lipinski definition) is 12. The number of hydrogen-bond donors (Lipinski definition) is 8. The van der Waals surface area contributed by atoms with Crippen LogP contribution in [-0.4, -0.2) is 108 Å². The van der Waals surface area contributed by atoms with E-state index in [1.807, 2.05) is 6.92 Å². The molecule has 13 atom stereocenters. The van der Waals surface area contributed by atoms with Crippen LogP contribution in [0.25, 0.3) is 0 Å². The molecule has 1 aliphatic carbocycles. The van der Waals surface area contributed by atoms with Crippen molar-refractivity contribution in [3.8, 4) is 0 Å². The van der Waals surface area contributed by atoms with Crippen molar-refractivity contribution in [2.24, 2.45) is 22.9 Å². The Hall–Kier alpha value is -0.480. The minimum Gasteiger partial charge on any atom is -0.388 e. The number of nitrogens with two attached hydrogens (primary N) is 4. The molecular weight excluding hydrogens is 422 g/mol. The monoisotopic (exact) mass is 463 g/mol. The Morgan fingerprint density at radius 1 is 1.00 bits per heavy atom. The summed E-state index contributed by atoms with van der Waals surface area (Å²) in [6.07, 6.45) is -4.58. The normalized spacial score (nSPS) is 51.4. The third kappa shape index (κ3) is 5.43. The lowest BCUT2D eigenvalue weighted by atomic mass is 9.84. The van der Waals surface area contributed by atoms with Crippen LogP contribution in [0.4, 0.5) is 0 Å². The highest BCUT2D eigenvalue weighted by atomic mass is 16.7. The van der Waals surface area contributed by atoms with Crippen LogP contribution < -0.4 is 28.3 Å². The maximum Gasteiger partial charge on any atom is 0.185 e. The second kappa shape index (κ2) is 10.4. The third-order valence-corrected chi connectivity index (χ3v) is 6.81. The summed E-state index contributed by atoms with van der Waals surface area (Å²) < 4.78 is 23.4. The fourth-order valence-electron chi connectivity index (χ4n) is 4.87. The van der Waals surface area contributed by atoms with Crippen molar-refractivity contribution in [2.45, 2.75) is 112 Å². The third-order valence-electron chi connectivity index (χ3n) is 6.81. The quantitative estimate of drug-likeness (QED) is 0.192. The minimum absolute atomic E-state index is 0.0683. The summed E-state index contributed by atoms with van der Waals surface area (Å²) >= 11 is 0. The topological polar surface area (TPSA) is 214 Å². The molecule has 2 heterocycles. The van der Waals surface area contributed by atoms with Crippen LogP contribution in [0.2, 0.25) is 0 Å². The number of ether oxygens (including phenoxy) is 4. The SMILES string of the molecule is CNC1C(O)[C@@H](O[C@H]2C(N)C[C@H](N)C(O[C@H]3OC([C@@H](C)N)CCC3N)C2O)OC[C@]1(C)O. The molecule has 0 radical (unpaired) electrons. The average molecular weight is 464 g/mol. The van der Waals surface area contributed by atoms with Crippen LogP contribution >= 0.6 is 0 Å². The van der Waals surface area contributed by atoms with E-state index in [1.165, 1.54) is 0 Å². The number of nitrogens with one attached hydrogen (secondary N) is 1. The zero-order valence-electron chi connectivity index (χ0n) is 19.0. The molecule has 188 valence electrons. The van der Waals surface area contributed by atoms with E-state index in [-0.39, 0.29) is 24.8 Å². The Labute approximate surface area is 188 Å². The Balaban J connectivity index is 1.69. The number of aliphatic hydroxyl groups excluding tert-OH is 2. The van der Waals surface area contributed by atoms with Gasteiger partial charge in [-0.2, -0.15) is 0 Å². The van der Waals surface area contributed by atoms with E-state index >= 15 is 0 Å². The van der Waals surface area contributed by atoms with E-state index < -0.39 is 60.7 Å². The highest BCUT2D eigenvalue weighted by Gasteiger charge is 2.50. The van der Waals surface area contributed by atoms with Gasteiger partial charge in [0.2, 0.25) is 0 Å². The molecule has 12 heteroatoms. The fourth-order valence-corrected chi connectivity index (χ4v) is 4.87. The Morgan fingerprint density at radius 2 is 1.59 bits per heavy atom. The van der Waals surface area contributed by atoms with Gasteiger partial charge in [-0.05, 0) is 40.2 Å². The van der Waals surface area contributed by atoms with E-state index in [0.717, 1.165) is 6.42 Å². The van der Waals surface area contributed by atoms with Gasteiger partial charge >= 0.3 is 0 Å². The minimum atomic E-state index is -1.29. The van der Waals surface area contributed by atoms with E-state index in [1.54, 1.807) is 14.0 Å². The van der Waals surface area contributed by atoms with Crippen LogP contribution in [0.15, 0.2) is 0 Å². The standard InChI is InChI=1S/C20H41N5O7/c1-8(21)12-5-4-9(22)18(30-12)31-15-10(23)6-11(24)16(13(15)26)32-19-14(27)17(25-3)20(2,28)7-29-19/h8-19,25-28H,4-7,21-24H2,1-3H3/t8-,9?,10+,11?,12?,13?,14?,15?,16+,17?,18-,19-,20+/m1/s1. The van der Waals surface area contributed by atoms with E-state index in [2.05, 4.69) is 5.32 Å². The van der Waals surface area contributed by atoms with Crippen LogP contribution in [0.1, 0.15) is 33.1 Å². The first-order valence-corrected chi connectivity index (χ1v) is 11.3. The van der Waals surface area contributed by atoms with Gasteiger partial charge in [0.15, 0.2) is 12.6 Å². The molecule has 0 spiro atoms. The van der Waals surface area contributed by atoms with Crippen molar-refractivity contribution >= 4 is 0 Å². The van der Waals surface area contributed by atoms with E-state index in [4.69, 9.17) is 41.9 Å². The first-order chi connectivity index (χ1) is 15.0. The molecule has 3 aliphatic rings. The lowest BCUT2D eigenvalue weighted by Gasteiger charge is -2.48. The van der Waals surface area contributed by atoms with E-state index in [9.17, 15) is 15.3 Å². The first kappa shape index (κ1) is 26.1. The second-order valence-corrected chi connectivity index (χ2v) is 9.69. The summed E-state index contributed by atoms with van der Waals surface area (Å²) in [6, 6.07) is -2.47. The molecule has 3 rings (SSSR count). The van der Waals surface area contributed by atoms with Crippen molar-refractivity contribution < 1.29 is 34.3 Å². The molecule has 12 nitrogen and oxygen atoms in total. The molecule has 0 aromatic carbocycles. The van der Waals surface area contributed by atoms with Gasteiger partial charge in [0, 0.05) is 18.1 Å². The number of rotatable bonds is 6. The highest BCUT2D eigenvalue weighted by molar-refractivity contribution is 5.02. The number of aliphatic hydroxyl groups is 3. The summed E-state index contributed by atoms with van der Waals surface area (Å²) in [6.45, 7) is 3.34. The lowest BCUT2D eigenvalue weighted by molar-refractivity contribution is -0.307. The molecule has 0 aromatic heterocycles. The zero-order chi connectivity index (χ0) is 23.8. The van der Waals surface area contributed by atoms with Gasteiger partial charge in [-0.3, -0.25) is 0 Å². The van der Waals surface area contributed by atoms with Crippen molar-refractivity contribution in [1.82, 2.24) is 5.32 Å². The van der Waals surface area contributed by atoms with Crippen molar-refractivity contribution in [3.05, 3.63) is 0 Å². The molecule has 1 saturated carbocycles. The zero-order valence-corrected chi connectivity index (χ0v) is 19.0. The molecule has 0 aromatic rings. The molecule has 0 bridgehead atoms. The summed E-state index contributed by atoms with van der Waals surface area (Å²) in [5.41, 5.74) is 23.3. The Morgan fingerprint density at radius 3 is 2.16 bits per heavy atom. The largest absolute Gasteiger partial charge is 0.388 e. The second-order valence-electron chi connectivity index (χ2n) is 9.69. The summed E-state index contributed by atoms with van der Waals surface area (Å²) in [5, 5.41) is 35.0. The molecule has 32 heavy (non-hydrogen) atoms. The lowest BCUT2D eigenvalue weighted by Crippen LogP contribution is -2.68. The Bertz CT molecular complexity index is 615. The Kier molecular flexibility index (Phi) is 8.51. The van der Waals surface area contributed by atoms with Gasteiger partial charge < -0.3 is 62.5 Å². The predicted molar refractivity (Wildman–Crippen MR) is 115 cm³/mol. The number of likely N-dealkylation sites (N-methyl/N-ethyl adjacent to an activating group) is 1. The fraction of sp³-hybridized carbons (Fsp3) is 1.00. The summed E-state index contributed by atoms with van der Waals surface area (Å²) in [4.78, 5) is 0. The molecule has 2 saturated heterocycles. The van der Waals surface area contributed by atoms with Crippen molar-refractivity contribution in [3.63, 3.8) is 0 Å². The van der Waals surface area contributed by atoms with Gasteiger partial charge in [-0.25, -0.2) is 0 Å².